The second-order valence-electron chi connectivity index (χ2n) is 6.56. The van der Waals surface area contributed by atoms with Crippen LogP contribution in [0.2, 0.25) is 0 Å². The third-order valence-corrected chi connectivity index (χ3v) is 5.41. The summed E-state index contributed by atoms with van der Waals surface area (Å²) in [4.78, 5) is 12.2. The molecule has 1 fully saturated rings. The first-order valence-electron chi connectivity index (χ1n) is 8.88. The number of urea groups is 1. The molecule has 1 aliphatic heterocycles. The molecule has 1 saturated heterocycles. The zero-order valence-electron chi connectivity index (χ0n) is 14.1. The van der Waals surface area contributed by atoms with E-state index in [0.29, 0.717) is 26.3 Å². The number of fused-ring (bicyclic) bond motifs is 2. The fourth-order valence-corrected chi connectivity index (χ4v) is 4.22. The van der Waals surface area contributed by atoms with Gasteiger partial charge in [0.1, 0.15) is 0 Å². The smallest absolute Gasteiger partial charge is 0.344 e. The third-order valence-electron chi connectivity index (χ3n) is 4.99. The summed E-state index contributed by atoms with van der Waals surface area (Å²) in [6.07, 6.45) is 6.61. The summed E-state index contributed by atoms with van der Waals surface area (Å²) in [6.45, 7) is 2.65. The minimum absolute atomic E-state index is 0.368. The van der Waals surface area contributed by atoms with Crippen LogP contribution >= 0.6 is 12.3 Å². The van der Waals surface area contributed by atoms with Gasteiger partial charge in [-0.15, -0.1) is 0 Å². The van der Waals surface area contributed by atoms with Crippen LogP contribution < -0.4 is 10.8 Å². The summed E-state index contributed by atoms with van der Waals surface area (Å²) < 4.78 is 15.6. The van der Waals surface area contributed by atoms with Crippen molar-refractivity contribution >= 4 is 24.0 Å². The van der Waals surface area contributed by atoms with E-state index in [1.807, 2.05) is 0 Å². The fraction of sp³-hybridized carbons (Fsp3) is 0.588. The molecule has 2 aliphatic carbocycles. The molecule has 0 saturated carbocycles. The van der Waals surface area contributed by atoms with Gasteiger partial charge in [-0.2, -0.15) is 13.6 Å². The third kappa shape index (κ3) is 3.93. The highest BCUT2D eigenvalue weighted by Gasteiger charge is 2.25. The van der Waals surface area contributed by atoms with Crippen molar-refractivity contribution in [3.63, 3.8) is 0 Å². The number of aryl methyl sites for hydroxylation is 2. The largest absolute Gasteiger partial charge is 0.379 e. The molecule has 25 heavy (non-hydrogen) atoms. The van der Waals surface area contributed by atoms with Gasteiger partial charge in [0.05, 0.1) is 13.2 Å². The minimum atomic E-state index is -0.368. The highest BCUT2D eigenvalue weighted by Crippen LogP contribution is 2.38. The Balaban J connectivity index is 1.31. The number of rotatable bonds is 5. The topological polar surface area (TPSA) is 72.1 Å². The Labute approximate surface area is 151 Å². The Kier molecular flexibility index (Phi) is 5.42. The molecule has 0 unspecified atom stereocenters. The average Bonchev–Trinajstić information content (AvgIpc) is 3.28. The molecule has 4 rings (SSSR count). The van der Waals surface area contributed by atoms with E-state index < -0.39 is 0 Å². The molecular weight excluding hydrogens is 342 g/mol. The average molecular weight is 365 g/mol. The van der Waals surface area contributed by atoms with Gasteiger partial charge in [0, 0.05) is 18.8 Å². The lowest BCUT2D eigenvalue weighted by Crippen LogP contribution is -2.35. The summed E-state index contributed by atoms with van der Waals surface area (Å²) in [5, 5.41) is 4.74. The van der Waals surface area contributed by atoms with Gasteiger partial charge in [-0.25, -0.2) is 10.3 Å². The van der Waals surface area contributed by atoms with Gasteiger partial charge >= 0.3 is 6.03 Å². The maximum Gasteiger partial charge on any atom is 0.344 e. The van der Waals surface area contributed by atoms with Crippen LogP contribution in [0.25, 0.3) is 0 Å². The molecule has 2 N–H and O–H groups in total. The predicted octanol–water partition coefficient (Wildman–Crippen LogP) is 2.54. The van der Waals surface area contributed by atoms with Crippen LogP contribution in [0, 0.1) is 0 Å². The van der Waals surface area contributed by atoms with E-state index >= 15 is 0 Å². The first-order chi connectivity index (χ1) is 12.3. The summed E-state index contributed by atoms with van der Waals surface area (Å²) in [5.41, 5.74) is 8.77. The van der Waals surface area contributed by atoms with Crippen LogP contribution in [-0.4, -0.2) is 37.4 Å². The van der Waals surface area contributed by atoms with Gasteiger partial charge in [0.15, 0.2) is 0 Å². The lowest BCUT2D eigenvalue weighted by molar-refractivity contribution is -0.111. The highest BCUT2D eigenvalue weighted by molar-refractivity contribution is 7.89. The number of morpholine rings is 1. The predicted molar refractivity (Wildman–Crippen MR) is 94.8 cm³/mol. The number of hydrogen-bond donors (Lipinski definition) is 2. The Hall–Kier alpha value is -1.32. The van der Waals surface area contributed by atoms with Crippen molar-refractivity contribution in [3.05, 3.63) is 28.3 Å². The number of carbonyl (C=O) groups excluding carboxylic acids is 1. The molecule has 8 heteroatoms. The molecule has 7 nitrogen and oxygen atoms in total. The van der Waals surface area contributed by atoms with E-state index in [-0.39, 0.29) is 6.03 Å². The summed E-state index contributed by atoms with van der Waals surface area (Å²) >= 11 is 0.748. The van der Waals surface area contributed by atoms with Crippen LogP contribution in [-0.2, 0) is 39.0 Å². The number of benzene rings is 1. The second kappa shape index (κ2) is 7.92. The normalized spacial score (nSPS) is 19.5. The van der Waals surface area contributed by atoms with Crippen molar-refractivity contribution in [3.8, 4) is 0 Å². The van der Waals surface area contributed by atoms with E-state index in [0.717, 1.165) is 56.5 Å². The molecule has 1 aromatic rings. The van der Waals surface area contributed by atoms with Crippen molar-refractivity contribution in [2.24, 2.45) is 0 Å². The van der Waals surface area contributed by atoms with Crippen molar-refractivity contribution < 1.29 is 18.1 Å². The maximum absolute atomic E-state index is 12.2. The van der Waals surface area contributed by atoms with E-state index in [2.05, 4.69) is 16.9 Å². The first kappa shape index (κ1) is 17.1. The zero-order valence-corrected chi connectivity index (χ0v) is 15.0. The molecule has 0 bridgehead atoms. The van der Waals surface area contributed by atoms with Gasteiger partial charge in [-0.1, -0.05) is 6.07 Å². The quantitative estimate of drug-likeness (QED) is 0.475. The number of amides is 2. The standard InChI is InChI=1S/C17H23N3O4S/c21-17(19-23-25-24-20-7-9-22-10-8-20)18-16-14-5-1-3-12(14)11-13-4-2-6-15(13)16/h11H,1-10H2,(H2,18,19,21). The number of hydroxylamine groups is 3. The Morgan fingerprint density at radius 1 is 1.08 bits per heavy atom. The van der Waals surface area contributed by atoms with Crippen molar-refractivity contribution in [1.82, 2.24) is 10.5 Å². The number of hydrogen-bond acceptors (Lipinski definition) is 6. The Morgan fingerprint density at radius 2 is 1.76 bits per heavy atom. The number of carbonyl (C=O) groups is 1. The van der Waals surface area contributed by atoms with Crippen LogP contribution in [0.5, 0.6) is 0 Å². The highest BCUT2D eigenvalue weighted by atomic mass is 32.2. The molecule has 136 valence electrons. The molecule has 3 aliphatic rings. The number of ether oxygens (including phenoxy) is 1. The number of anilines is 1. The van der Waals surface area contributed by atoms with E-state index in [1.54, 1.807) is 5.06 Å². The fourth-order valence-electron chi connectivity index (χ4n) is 3.84. The van der Waals surface area contributed by atoms with Gasteiger partial charge in [-0.3, -0.25) is 0 Å². The number of nitrogens with zero attached hydrogens (tertiary/aromatic N) is 1. The lowest BCUT2D eigenvalue weighted by Gasteiger charge is -2.23. The van der Waals surface area contributed by atoms with Crippen LogP contribution in [0.3, 0.4) is 0 Å². The summed E-state index contributed by atoms with van der Waals surface area (Å²) in [6, 6.07) is 1.98. The van der Waals surface area contributed by atoms with E-state index in [1.165, 1.54) is 22.3 Å². The Bertz CT molecular complexity index is 617. The lowest BCUT2D eigenvalue weighted by atomic mass is 9.99. The summed E-state index contributed by atoms with van der Waals surface area (Å²) in [5.74, 6) is 0. The SMILES string of the molecule is O=C(NOSON1CCOCC1)Nc1c2c(cc3c1CCC3)CCC2. The van der Waals surface area contributed by atoms with Gasteiger partial charge < -0.3 is 10.1 Å². The zero-order chi connectivity index (χ0) is 17.1. The molecule has 0 aromatic heterocycles. The van der Waals surface area contributed by atoms with Gasteiger partial charge in [-0.05, 0) is 60.8 Å². The molecule has 2 amide bonds. The maximum atomic E-state index is 12.2. The van der Waals surface area contributed by atoms with Crippen molar-refractivity contribution in [2.75, 3.05) is 31.6 Å². The second-order valence-corrected chi connectivity index (χ2v) is 7.01. The Morgan fingerprint density at radius 3 is 2.44 bits per heavy atom. The van der Waals surface area contributed by atoms with E-state index in [4.69, 9.17) is 13.3 Å². The van der Waals surface area contributed by atoms with E-state index in [9.17, 15) is 4.79 Å². The first-order valence-corrected chi connectivity index (χ1v) is 9.54. The minimum Gasteiger partial charge on any atom is -0.379 e. The van der Waals surface area contributed by atoms with Crippen LogP contribution in [0.4, 0.5) is 10.5 Å². The van der Waals surface area contributed by atoms with Crippen molar-refractivity contribution in [1.29, 1.82) is 0 Å². The summed E-state index contributed by atoms with van der Waals surface area (Å²) in [7, 11) is 0. The van der Waals surface area contributed by atoms with Crippen molar-refractivity contribution in [2.45, 2.75) is 38.5 Å². The van der Waals surface area contributed by atoms with Crippen LogP contribution in [0.1, 0.15) is 35.1 Å². The molecule has 0 spiro atoms. The van der Waals surface area contributed by atoms with Gasteiger partial charge in [0.2, 0.25) is 12.3 Å². The molecular formula is C17H23N3O4S. The van der Waals surface area contributed by atoms with Gasteiger partial charge in [0.25, 0.3) is 0 Å². The number of nitrogens with one attached hydrogen (secondary N) is 2. The molecule has 0 radical (unpaired) electrons. The molecule has 1 heterocycles. The van der Waals surface area contributed by atoms with Crippen LogP contribution in [0.15, 0.2) is 6.07 Å². The monoisotopic (exact) mass is 365 g/mol. The molecule has 1 aromatic carbocycles. The molecule has 0 atom stereocenters.